The van der Waals surface area contributed by atoms with Gasteiger partial charge in [0.05, 0.1) is 4.47 Å². The van der Waals surface area contributed by atoms with Gasteiger partial charge in [0, 0.05) is 12.0 Å². The first kappa shape index (κ1) is 13.0. The number of halogens is 2. The molecule has 18 heavy (non-hydrogen) atoms. The molecule has 92 valence electrons. The molecule has 1 nitrogen and oxygen atoms in total. The molecular formula is C15H12BrFO. The highest BCUT2D eigenvalue weighted by atomic mass is 79.9. The van der Waals surface area contributed by atoms with Gasteiger partial charge in [0.25, 0.3) is 0 Å². The van der Waals surface area contributed by atoms with Gasteiger partial charge in [-0.2, -0.15) is 0 Å². The van der Waals surface area contributed by atoms with Crippen molar-refractivity contribution in [2.75, 3.05) is 0 Å². The highest BCUT2D eigenvalue weighted by Crippen LogP contribution is 2.22. The van der Waals surface area contributed by atoms with Crippen molar-refractivity contribution in [3.05, 3.63) is 69.4 Å². The van der Waals surface area contributed by atoms with Crippen LogP contribution in [-0.2, 0) is 6.42 Å². The zero-order valence-electron chi connectivity index (χ0n) is 9.91. The normalized spacial score (nSPS) is 10.4. The lowest BCUT2D eigenvalue weighted by Gasteiger charge is -2.07. The summed E-state index contributed by atoms with van der Waals surface area (Å²) in [6.45, 7) is 1.90. The number of benzene rings is 2. The first-order valence-corrected chi connectivity index (χ1v) is 6.40. The van der Waals surface area contributed by atoms with Crippen LogP contribution in [0.4, 0.5) is 4.39 Å². The smallest absolute Gasteiger partial charge is 0.167 e. The molecule has 0 saturated heterocycles. The summed E-state index contributed by atoms with van der Waals surface area (Å²) in [6, 6.07) is 12.2. The average Bonchev–Trinajstić information content (AvgIpc) is 2.35. The van der Waals surface area contributed by atoms with E-state index in [4.69, 9.17) is 0 Å². The van der Waals surface area contributed by atoms with Gasteiger partial charge in [-0.05, 0) is 40.0 Å². The van der Waals surface area contributed by atoms with Crippen LogP contribution in [0.2, 0.25) is 0 Å². The second-order valence-electron chi connectivity index (χ2n) is 4.13. The molecular weight excluding hydrogens is 295 g/mol. The lowest BCUT2D eigenvalue weighted by Crippen LogP contribution is -2.06. The van der Waals surface area contributed by atoms with Crippen LogP contribution in [-0.4, -0.2) is 5.78 Å². The Balaban J connectivity index is 2.27. The highest BCUT2D eigenvalue weighted by Gasteiger charge is 2.12. The van der Waals surface area contributed by atoms with Gasteiger partial charge in [0.2, 0.25) is 0 Å². The monoisotopic (exact) mass is 306 g/mol. The lowest BCUT2D eigenvalue weighted by molar-refractivity contribution is 0.0992. The molecule has 2 aromatic rings. The fourth-order valence-electron chi connectivity index (χ4n) is 1.84. The Hall–Kier alpha value is -1.48. The van der Waals surface area contributed by atoms with Gasteiger partial charge in [-0.3, -0.25) is 4.79 Å². The second-order valence-corrected chi connectivity index (χ2v) is 4.92. The van der Waals surface area contributed by atoms with Crippen molar-refractivity contribution >= 4 is 21.7 Å². The molecule has 0 aromatic heterocycles. The van der Waals surface area contributed by atoms with E-state index in [0.717, 1.165) is 5.56 Å². The van der Waals surface area contributed by atoms with Gasteiger partial charge in [0.1, 0.15) is 5.82 Å². The van der Waals surface area contributed by atoms with Gasteiger partial charge < -0.3 is 0 Å². The Kier molecular flexibility index (Phi) is 3.92. The summed E-state index contributed by atoms with van der Waals surface area (Å²) in [4.78, 5) is 12.2. The summed E-state index contributed by atoms with van der Waals surface area (Å²) in [6.07, 6.45) is 0.198. The third-order valence-corrected chi connectivity index (χ3v) is 3.72. The molecule has 2 rings (SSSR count). The fourth-order valence-corrected chi connectivity index (χ4v) is 2.24. The van der Waals surface area contributed by atoms with Crippen LogP contribution in [0.1, 0.15) is 21.5 Å². The largest absolute Gasteiger partial charge is 0.294 e. The van der Waals surface area contributed by atoms with Gasteiger partial charge in [0.15, 0.2) is 5.78 Å². The minimum atomic E-state index is -0.343. The number of ketones is 1. The molecule has 0 bridgehead atoms. The topological polar surface area (TPSA) is 17.1 Å². The summed E-state index contributed by atoms with van der Waals surface area (Å²) in [5, 5.41) is 0. The van der Waals surface area contributed by atoms with Crippen LogP contribution < -0.4 is 0 Å². The summed E-state index contributed by atoms with van der Waals surface area (Å²) in [7, 11) is 0. The molecule has 0 unspecified atom stereocenters. The predicted octanol–water partition coefficient (Wildman–Crippen LogP) is 4.32. The van der Waals surface area contributed by atoms with E-state index in [0.29, 0.717) is 15.6 Å². The molecule has 0 aliphatic heterocycles. The van der Waals surface area contributed by atoms with E-state index in [9.17, 15) is 9.18 Å². The van der Waals surface area contributed by atoms with E-state index in [1.54, 1.807) is 18.2 Å². The van der Waals surface area contributed by atoms with Crippen LogP contribution in [0, 0.1) is 12.7 Å². The average molecular weight is 307 g/mol. The van der Waals surface area contributed by atoms with Crippen LogP contribution in [0.15, 0.2) is 46.9 Å². The van der Waals surface area contributed by atoms with Crippen LogP contribution in [0.25, 0.3) is 0 Å². The quantitative estimate of drug-likeness (QED) is 0.772. The Morgan fingerprint density at radius 3 is 2.61 bits per heavy atom. The fraction of sp³-hybridized carbons (Fsp3) is 0.133. The third kappa shape index (κ3) is 2.67. The van der Waals surface area contributed by atoms with Crippen molar-refractivity contribution in [2.24, 2.45) is 0 Å². The van der Waals surface area contributed by atoms with Crippen molar-refractivity contribution in [1.82, 2.24) is 0 Å². The van der Waals surface area contributed by atoms with Crippen molar-refractivity contribution in [1.29, 1.82) is 0 Å². The third-order valence-electron chi connectivity index (χ3n) is 2.83. The van der Waals surface area contributed by atoms with Crippen LogP contribution in [0.5, 0.6) is 0 Å². The molecule has 2 aromatic carbocycles. The van der Waals surface area contributed by atoms with E-state index in [1.807, 2.05) is 25.1 Å². The van der Waals surface area contributed by atoms with E-state index < -0.39 is 0 Å². The van der Waals surface area contributed by atoms with Gasteiger partial charge in [-0.1, -0.05) is 36.4 Å². The van der Waals surface area contributed by atoms with E-state index in [1.165, 1.54) is 6.07 Å². The van der Waals surface area contributed by atoms with Gasteiger partial charge >= 0.3 is 0 Å². The van der Waals surface area contributed by atoms with Crippen molar-refractivity contribution in [2.45, 2.75) is 13.3 Å². The number of Topliss-reactive ketones (excluding diaryl/α,β-unsaturated/α-hetero) is 1. The van der Waals surface area contributed by atoms with Crippen molar-refractivity contribution in [3.8, 4) is 0 Å². The van der Waals surface area contributed by atoms with Crippen LogP contribution >= 0.6 is 15.9 Å². The summed E-state index contributed by atoms with van der Waals surface area (Å²) in [5.41, 5.74) is 2.30. The molecule has 0 fully saturated rings. The van der Waals surface area contributed by atoms with Crippen molar-refractivity contribution in [3.63, 3.8) is 0 Å². The van der Waals surface area contributed by atoms with Gasteiger partial charge in [-0.15, -0.1) is 0 Å². The molecule has 0 amide bonds. The molecule has 0 heterocycles. The SMILES string of the molecule is Cc1ccccc1C(=O)Cc1cccc(F)c1Br. The van der Waals surface area contributed by atoms with Gasteiger partial charge in [-0.25, -0.2) is 4.39 Å². The molecule has 0 aliphatic rings. The first-order chi connectivity index (χ1) is 8.59. The Labute approximate surface area is 114 Å². The number of carbonyl (C=O) groups excluding carboxylic acids is 1. The molecule has 0 aliphatic carbocycles. The molecule has 0 spiro atoms. The standard InChI is InChI=1S/C15H12BrFO/c1-10-5-2-3-7-12(10)14(18)9-11-6-4-8-13(17)15(11)16/h2-8H,9H2,1H3. The second kappa shape index (κ2) is 5.44. The molecule has 0 N–H and O–H groups in total. The predicted molar refractivity (Wildman–Crippen MR) is 73.3 cm³/mol. The minimum Gasteiger partial charge on any atom is -0.294 e. The number of carbonyl (C=O) groups is 1. The number of rotatable bonds is 3. The van der Waals surface area contributed by atoms with Crippen molar-refractivity contribution < 1.29 is 9.18 Å². The zero-order valence-corrected chi connectivity index (χ0v) is 11.5. The maximum absolute atomic E-state index is 13.4. The summed E-state index contributed by atoms with van der Waals surface area (Å²) in [5.74, 6) is -0.343. The first-order valence-electron chi connectivity index (χ1n) is 5.61. The Bertz CT molecular complexity index is 593. The summed E-state index contributed by atoms with van der Waals surface area (Å²) < 4.78 is 13.7. The zero-order chi connectivity index (χ0) is 13.1. The Morgan fingerprint density at radius 2 is 1.89 bits per heavy atom. The summed E-state index contributed by atoms with van der Waals surface area (Å²) >= 11 is 3.17. The number of hydrogen-bond donors (Lipinski definition) is 0. The van der Waals surface area contributed by atoms with E-state index in [2.05, 4.69) is 15.9 Å². The Morgan fingerprint density at radius 1 is 1.17 bits per heavy atom. The minimum absolute atomic E-state index is 0.000556. The number of aryl methyl sites for hydroxylation is 1. The highest BCUT2D eigenvalue weighted by molar-refractivity contribution is 9.10. The lowest BCUT2D eigenvalue weighted by atomic mass is 9.99. The molecule has 0 atom stereocenters. The number of hydrogen-bond acceptors (Lipinski definition) is 1. The maximum atomic E-state index is 13.4. The van der Waals surface area contributed by atoms with E-state index >= 15 is 0 Å². The maximum Gasteiger partial charge on any atom is 0.167 e. The molecule has 3 heteroatoms. The van der Waals surface area contributed by atoms with Crippen LogP contribution in [0.3, 0.4) is 0 Å². The van der Waals surface area contributed by atoms with E-state index in [-0.39, 0.29) is 18.0 Å². The molecule has 0 saturated carbocycles. The molecule has 0 radical (unpaired) electrons.